The van der Waals surface area contributed by atoms with Crippen LogP contribution < -0.4 is 10.5 Å². The molecule has 0 heterocycles. The maximum absolute atomic E-state index is 13.6. The number of anilines is 2. The summed E-state index contributed by atoms with van der Waals surface area (Å²) in [5.41, 5.74) is 4.29. The monoisotopic (exact) mass is 318 g/mol. The van der Waals surface area contributed by atoms with Crippen LogP contribution in [-0.4, -0.2) is 8.42 Å². The van der Waals surface area contributed by atoms with Gasteiger partial charge in [0.1, 0.15) is 10.6 Å². The van der Waals surface area contributed by atoms with E-state index in [1.807, 2.05) is 4.72 Å². The highest BCUT2D eigenvalue weighted by atomic mass is 35.5. The first kappa shape index (κ1) is 14.5. The predicted molar refractivity (Wildman–Crippen MR) is 73.0 cm³/mol. The average molecular weight is 319 g/mol. The third kappa shape index (κ3) is 2.83. The number of sulfonamides is 1. The van der Waals surface area contributed by atoms with E-state index in [-0.39, 0.29) is 15.6 Å². The van der Waals surface area contributed by atoms with E-state index in [0.29, 0.717) is 0 Å². The van der Waals surface area contributed by atoms with Crippen molar-refractivity contribution in [1.82, 2.24) is 0 Å². The third-order valence-electron chi connectivity index (χ3n) is 2.43. The molecule has 0 fully saturated rings. The second kappa shape index (κ2) is 5.26. The fourth-order valence-corrected chi connectivity index (χ4v) is 3.14. The topological polar surface area (TPSA) is 72.2 Å². The van der Waals surface area contributed by atoms with Gasteiger partial charge in [0, 0.05) is 5.69 Å². The smallest absolute Gasteiger partial charge is 0.263 e. The Labute approximate surface area is 119 Å². The van der Waals surface area contributed by atoms with E-state index in [9.17, 15) is 17.2 Å². The van der Waals surface area contributed by atoms with Crippen LogP contribution in [0.5, 0.6) is 0 Å². The highest BCUT2D eigenvalue weighted by Gasteiger charge is 2.21. The van der Waals surface area contributed by atoms with Gasteiger partial charge in [-0.15, -0.1) is 0 Å². The maximum Gasteiger partial charge on any atom is 0.263 e. The molecule has 2 aromatic carbocycles. The van der Waals surface area contributed by atoms with Gasteiger partial charge in [0.05, 0.1) is 5.02 Å². The summed E-state index contributed by atoms with van der Waals surface area (Å²) in [6.45, 7) is 0. The molecule has 20 heavy (non-hydrogen) atoms. The zero-order chi connectivity index (χ0) is 14.9. The maximum atomic E-state index is 13.6. The first-order valence-electron chi connectivity index (χ1n) is 5.33. The molecule has 0 aliphatic heterocycles. The Morgan fingerprint density at radius 3 is 2.20 bits per heavy atom. The molecule has 0 radical (unpaired) electrons. The number of rotatable bonds is 3. The highest BCUT2D eigenvalue weighted by molar-refractivity contribution is 7.92. The van der Waals surface area contributed by atoms with E-state index in [4.69, 9.17) is 17.3 Å². The van der Waals surface area contributed by atoms with Crippen molar-refractivity contribution in [3.05, 3.63) is 53.1 Å². The lowest BCUT2D eigenvalue weighted by Crippen LogP contribution is -2.15. The van der Waals surface area contributed by atoms with E-state index in [2.05, 4.69) is 0 Å². The minimum atomic E-state index is -4.20. The van der Waals surface area contributed by atoms with E-state index in [1.165, 1.54) is 24.3 Å². The first-order chi connectivity index (χ1) is 9.31. The zero-order valence-electron chi connectivity index (χ0n) is 9.90. The molecule has 8 heteroatoms. The quantitative estimate of drug-likeness (QED) is 0.854. The standard InChI is InChI=1S/C12H9ClF2N2O2S/c13-8-3-1-2-4-11(8)20(18,19)17-12-9(14)5-7(16)6-10(12)15/h1-6,17H,16H2. The number of hydrogen-bond donors (Lipinski definition) is 2. The van der Waals surface area contributed by atoms with Crippen molar-refractivity contribution in [3.63, 3.8) is 0 Å². The minimum absolute atomic E-state index is 0.0590. The summed E-state index contributed by atoms with van der Waals surface area (Å²) in [6, 6.07) is 7.17. The number of hydrogen-bond acceptors (Lipinski definition) is 3. The summed E-state index contributed by atoms with van der Waals surface area (Å²) in [5.74, 6) is -2.23. The summed E-state index contributed by atoms with van der Waals surface area (Å²) in [5, 5.41) is -0.0590. The van der Waals surface area contributed by atoms with Crippen molar-refractivity contribution >= 4 is 33.0 Å². The molecule has 0 aromatic heterocycles. The van der Waals surface area contributed by atoms with E-state index < -0.39 is 27.3 Å². The Bertz CT molecular complexity index is 743. The van der Waals surface area contributed by atoms with Gasteiger partial charge in [-0.1, -0.05) is 23.7 Å². The Hall–Kier alpha value is -1.86. The number of halogens is 3. The fourth-order valence-electron chi connectivity index (χ4n) is 1.54. The van der Waals surface area contributed by atoms with E-state index >= 15 is 0 Å². The molecule has 0 bridgehead atoms. The van der Waals surface area contributed by atoms with Crippen LogP contribution in [0.2, 0.25) is 5.02 Å². The second-order valence-corrected chi connectivity index (χ2v) is 5.95. The molecule has 3 N–H and O–H groups in total. The molecule has 0 saturated carbocycles. The molecule has 0 unspecified atom stereocenters. The molecular formula is C12H9ClF2N2O2S. The molecule has 0 aliphatic rings. The number of benzene rings is 2. The van der Waals surface area contributed by atoms with Gasteiger partial charge in [-0.3, -0.25) is 4.72 Å². The molecule has 0 aliphatic carbocycles. The Kier molecular flexibility index (Phi) is 3.82. The minimum Gasteiger partial charge on any atom is -0.399 e. The normalized spacial score (nSPS) is 11.3. The van der Waals surface area contributed by atoms with Crippen molar-refractivity contribution in [2.75, 3.05) is 10.5 Å². The summed E-state index contributed by atoms with van der Waals surface area (Å²) in [7, 11) is -4.20. The summed E-state index contributed by atoms with van der Waals surface area (Å²) in [6.07, 6.45) is 0. The van der Waals surface area contributed by atoms with Gasteiger partial charge in [0.25, 0.3) is 10.0 Å². The molecule has 2 aromatic rings. The van der Waals surface area contributed by atoms with Gasteiger partial charge in [-0.05, 0) is 24.3 Å². The predicted octanol–water partition coefficient (Wildman–Crippen LogP) is 3.00. The Balaban J connectivity index is 2.47. The van der Waals surface area contributed by atoms with Gasteiger partial charge in [0.15, 0.2) is 11.6 Å². The van der Waals surface area contributed by atoms with Gasteiger partial charge in [0.2, 0.25) is 0 Å². The van der Waals surface area contributed by atoms with Crippen LogP contribution in [0.1, 0.15) is 0 Å². The molecular weight excluding hydrogens is 310 g/mol. The van der Waals surface area contributed by atoms with Gasteiger partial charge < -0.3 is 5.73 Å². The van der Waals surface area contributed by atoms with Crippen molar-refractivity contribution in [2.24, 2.45) is 0 Å². The fraction of sp³-hybridized carbons (Fsp3) is 0. The van der Waals surface area contributed by atoms with Gasteiger partial charge in [-0.25, -0.2) is 17.2 Å². The van der Waals surface area contributed by atoms with Crippen molar-refractivity contribution in [1.29, 1.82) is 0 Å². The van der Waals surface area contributed by atoms with E-state index in [1.54, 1.807) is 0 Å². The number of nitrogens with two attached hydrogens (primary N) is 1. The van der Waals surface area contributed by atoms with Crippen molar-refractivity contribution in [2.45, 2.75) is 4.90 Å². The summed E-state index contributed by atoms with van der Waals surface area (Å²) < 4.78 is 53.1. The van der Waals surface area contributed by atoms with Crippen molar-refractivity contribution < 1.29 is 17.2 Å². The summed E-state index contributed by atoms with van der Waals surface area (Å²) >= 11 is 5.75. The first-order valence-corrected chi connectivity index (χ1v) is 7.19. The Morgan fingerprint density at radius 2 is 1.65 bits per heavy atom. The SMILES string of the molecule is Nc1cc(F)c(NS(=O)(=O)c2ccccc2Cl)c(F)c1. The lowest BCUT2D eigenvalue weighted by Gasteiger charge is -2.11. The second-order valence-electron chi connectivity index (χ2n) is 3.90. The van der Waals surface area contributed by atoms with Crippen LogP contribution in [0.3, 0.4) is 0 Å². The molecule has 106 valence electrons. The summed E-state index contributed by atoms with van der Waals surface area (Å²) in [4.78, 5) is -0.280. The largest absolute Gasteiger partial charge is 0.399 e. The molecule has 2 rings (SSSR count). The van der Waals surface area contributed by atoms with Crippen LogP contribution >= 0.6 is 11.6 Å². The average Bonchev–Trinajstić information content (AvgIpc) is 2.34. The molecule has 0 amide bonds. The van der Waals surface area contributed by atoms with Crippen LogP contribution in [0.25, 0.3) is 0 Å². The lowest BCUT2D eigenvalue weighted by atomic mass is 10.2. The molecule has 0 atom stereocenters. The lowest BCUT2D eigenvalue weighted by molar-refractivity contribution is 0.583. The highest BCUT2D eigenvalue weighted by Crippen LogP contribution is 2.27. The van der Waals surface area contributed by atoms with Crippen LogP contribution in [0.15, 0.2) is 41.3 Å². The number of nitrogen functional groups attached to an aromatic ring is 1. The third-order valence-corrected chi connectivity index (χ3v) is 4.28. The van der Waals surface area contributed by atoms with Crippen LogP contribution in [0.4, 0.5) is 20.2 Å². The molecule has 0 spiro atoms. The van der Waals surface area contributed by atoms with Crippen LogP contribution in [-0.2, 0) is 10.0 Å². The number of nitrogens with one attached hydrogen (secondary N) is 1. The van der Waals surface area contributed by atoms with Gasteiger partial charge in [-0.2, -0.15) is 0 Å². The van der Waals surface area contributed by atoms with Crippen LogP contribution in [0, 0.1) is 11.6 Å². The Morgan fingerprint density at radius 1 is 1.10 bits per heavy atom. The molecule has 0 saturated heterocycles. The van der Waals surface area contributed by atoms with Gasteiger partial charge >= 0.3 is 0 Å². The van der Waals surface area contributed by atoms with E-state index in [0.717, 1.165) is 12.1 Å². The zero-order valence-corrected chi connectivity index (χ0v) is 11.5. The molecule has 4 nitrogen and oxygen atoms in total. The van der Waals surface area contributed by atoms with Crippen molar-refractivity contribution in [3.8, 4) is 0 Å².